The van der Waals surface area contributed by atoms with Gasteiger partial charge in [-0.15, -0.1) is 0 Å². The van der Waals surface area contributed by atoms with Crippen molar-refractivity contribution >= 4 is 23.1 Å². The highest BCUT2D eigenvalue weighted by Gasteiger charge is 2.17. The number of carbonyl (C=O) groups is 1. The molecule has 18 heavy (non-hydrogen) atoms. The van der Waals surface area contributed by atoms with Crippen LogP contribution in [-0.2, 0) is 0 Å². The number of nitrogens with two attached hydrogens (primary N) is 1. The quantitative estimate of drug-likeness (QED) is 0.800. The molecule has 2 rings (SSSR count). The van der Waals surface area contributed by atoms with Gasteiger partial charge in [0.05, 0.1) is 0 Å². The number of thiocarbonyl (C=S) groups is 1. The molecule has 0 aliphatic heterocycles. The van der Waals surface area contributed by atoms with Crippen LogP contribution in [0.5, 0.6) is 0 Å². The molecule has 0 saturated heterocycles. The van der Waals surface area contributed by atoms with Crippen molar-refractivity contribution in [3.63, 3.8) is 0 Å². The van der Waals surface area contributed by atoms with E-state index in [1.54, 1.807) is 24.3 Å². The Kier molecular flexibility index (Phi) is 4.31. The first kappa shape index (κ1) is 13.0. The average molecular weight is 262 g/mol. The summed E-state index contributed by atoms with van der Waals surface area (Å²) in [4.78, 5) is 12.2. The zero-order valence-electron chi connectivity index (χ0n) is 10.3. The maximum Gasteiger partial charge on any atom is 0.251 e. The van der Waals surface area contributed by atoms with Gasteiger partial charge in [0.1, 0.15) is 4.99 Å². The Hall–Kier alpha value is -1.42. The van der Waals surface area contributed by atoms with E-state index in [1.165, 1.54) is 19.3 Å². The highest BCUT2D eigenvalue weighted by atomic mass is 32.1. The molecule has 3 N–H and O–H groups in total. The molecule has 1 aliphatic carbocycles. The summed E-state index contributed by atoms with van der Waals surface area (Å²) in [7, 11) is 0. The first-order valence-corrected chi connectivity index (χ1v) is 6.75. The number of carbonyl (C=O) groups excluding carboxylic acids is 1. The Bertz CT molecular complexity index is 438. The van der Waals surface area contributed by atoms with E-state index in [1.807, 2.05) is 0 Å². The third kappa shape index (κ3) is 3.29. The van der Waals surface area contributed by atoms with Crippen molar-refractivity contribution in [1.82, 2.24) is 5.32 Å². The van der Waals surface area contributed by atoms with E-state index >= 15 is 0 Å². The van der Waals surface area contributed by atoms with Crippen LogP contribution < -0.4 is 11.1 Å². The van der Waals surface area contributed by atoms with Gasteiger partial charge in [-0.3, -0.25) is 4.79 Å². The Balaban J connectivity index is 1.82. The topological polar surface area (TPSA) is 55.1 Å². The molecule has 1 aromatic rings. The lowest BCUT2D eigenvalue weighted by Crippen LogP contribution is -2.27. The van der Waals surface area contributed by atoms with Crippen molar-refractivity contribution in [1.29, 1.82) is 0 Å². The Morgan fingerprint density at radius 2 is 1.89 bits per heavy atom. The van der Waals surface area contributed by atoms with Crippen LogP contribution in [0.2, 0.25) is 0 Å². The summed E-state index contributed by atoms with van der Waals surface area (Å²) in [6.45, 7) is 0.764. The van der Waals surface area contributed by atoms with Crippen molar-refractivity contribution < 1.29 is 4.79 Å². The smallest absolute Gasteiger partial charge is 0.251 e. The normalized spacial score (nSPS) is 14.9. The lowest BCUT2D eigenvalue weighted by atomic mass is 9.83. The number of benzene rings is 1. The predicted molar refractivity (Wildman–Crippen MR) is 76.6 cm³/mol. The van der Waals surface area contributed by atoms with Crippen LogP contribution >= 0.6 is 12.2 Å². The van der Waals surface area contributed by atoms with E-state index < -0.39 is 0 Å². The lowest BCUT2D eigenvalue weighted by Gasteiger charge is -2.25. The second-order valence-corrected chi connectivity index (χ2v) is 5.22. The van der Waals surface area contributed by atoms with E-state index in [4.69, 9.17) is 18.0 Å². The fourth-order valence-electron chi connectivity index (χ4n) is 2.06. The Morgan fingerprint density at radius 3 is 2.39 bits per heavy atom. The molecule has 0 heterocycles. The minimum absolute atomic E-state index is 0.0242. The first-order chi connectivity index (χ1) is 8.66. The average Bonchev–Trinajstić information content (AvgIpc) is 2.32. The van der Waals surface area contributed by atoms with Gasteiger partial charge in [-0.25, -0.2) is 0 Å². The standard InChI is InChI=1S/C14H18N2OS/c15-13(18)11-4-6-12(7-5-11)14(17)16-9-8-10-2-1-3-10/h4-7,10H,1-3,8-9H2,(H2,15,18)(H,16,17). The van der Waals surface area contributed by atoms with Crippen LogP contribution in [0.1, 0.15) is 41.6 Å². The second kappa shape index (κ2) is 5.96. The minimum Gasteiger partial charge on any atom is -0.389 e. The maximum absolute atomic E-state index is 11.8. The largest absolute Gasteiger partial charge is 0.389 e. The molecular formula is C14H18N2OS. The molecule has 0 atom stereocenters. The first-order valence-electron chi connectivity index (χ1n) is 6.35. The SMILES string of the molecule is NC(=S)c1ccc(C(=O)NCCC2CCC2)cc1. The van der Waals surface area contributed by atoms with E-state index in [-0.39, 0.29) is 5.91 Å². The Morgan fingerprint density at radius 1 is 1.28 bits per heavy atom. The van der Waals surface area contributed by atoms with Gasteiger partial charge >= 0.3 is 0 Å². The zero-order chi connectivity index (χ0) is 13.0. The molecule has 1 saturated carbocycles. The zero-order valence-corrected chi connectivity index (χ0v) is 11.1. The molecule has 1 fully saturated rings. The van der Waals surface area contributed by atoms with Gasteiger partial charge < -0.3 is 11.1 Å². The number of hydrogen-bond acceptors (Lipinski definition) is 2. The van der Waals surface area contributed by atoms with Gasteiger partial charge in [0, 0.05) is 17.7 Å². The molecule has 1 aromatic carbocycles. The summed E-state index contributed by atoms with van der Waals surface area (Å²) in [6, 6.07) is 7.08. The summed E-state index contributed by atoms with van der Waals surface area (Å²) in [5, 5.41) is 2.94. The lowest BCUT2D eigenvalue weighted by molar-refractivity contribution is 0.0949. The highest BCUT2D eigenvalue weighted by Crippen LogP contribution is 2.28. The number of amides is 1. The maximum atomic E-state index is 11.8. The fourth-order valence-corrected chi connectivity index (χ4v) is 2.20. The fraction of sp³-hybridized carbons (Fsp3) is 0.429. The van der Waals surface area contributed by atoms with Gasteiger partial charge in [-0.05, 0) is 24.5 Å². The van der Waals surface area contributed by atoms with Crippen LogP contribution in [0.3, 0.4) is 0 Å². The van der Waals surface area contributed by atoms with Crippen LogP contribution in [0, 0.1) is 5.92 Å². The summed E-state index contributed by atoms with van der Waals surface area (Å²) in [5.74, 6) is 0.797. The van der Waals surface area contributed by atoms with E-state index in [9.17, 15) is 4.79 Å². The van der Waals surface area contributed by atoms with Crippen LogP contribution in [-0.4, -0.2) is 17.4 Å². The Labute approximate surface area is 113 Å². The molecule has 0 unspecified atom stereocenters. The van der Waals surface area contributed by atoms with Gasteiger partial charge in [-0.1, -0.05) is 43.6 Å². The molecule has 0 radical (unpaired) electrons. The molecule has 96 valence electrons. The minimum atomic E-state index is -0.0242. The van der Waals surface area contributed by atoms with Crippen LogP contribution in [0.15, 0.2) is 24.3 Å². The monoisotopic (exact) mass is 262 g/mol. The van der Waals surface area contributed by atoms with Crippen LogP contribution in [0.4, 0.5) is 0 Å². The molecule has 0 spiro atoms. The molecular weight excluding hydrogens is 244 g/mol. The van der Waals surface area contributed by atoms with Crippen molar-refractivity contribution in [2.45, 2.75) is 25.7 Å². The van der Waals surface area contributed by atoms with Gasteiger partial charge in [0.15, 0.2) is 0 Å². The number of rotatable bonds is 5. The van der Waals surface area contributed by atoms with Gasteiger partial charge in [-0.2, -0.15) is 0 Å². The third-order valence-electron chi connectivity index (χ3n) is 3.49. The molecule has 0 bridgehead atoms. The second-order valence-electron chi connectivity index (χ2n) is 4.78. The molecule has 0 aromatic heterocycles. The van der Waals surface area contributed by atoms with Crippen molar-refractivity contribution in [2.24, 2.45) is 11.7 Å². The summed E-state index contributed by atoms with van der Waals surface area (Å²) < 4.78 is 0. The van der Waals surface area contributed by atoms with E-state index in [0.717, 1.165) is 24.4 Å². The number of hydrogen-bond donors (Lipinski definition) is 2. The molecule has 1 amide bonds. The van der Waals surface area contributed by atoms with E-state index in [2.05, 4.69) is 5.32 Å². The van der Waals surface area contributed by atoms with Crippen LogP contribution in [0.25, 0.3) is 0 Å². The summed E-state index contributed by atoms with van der Waals surface area (Å²) in [5.41, 5.74) is 6.95. The highest BCUT2D eigenvalue weighted by molar-refractivity contribution is 7.80. The third-order valence-corrected chi connectivity index (χ3v) is 3.73. The summed E-state index contributed by atoms with van der Waals surface area (Å²) >= 11 is 4.87. The number of nitrogens with one attached hydrogen (secondary N) is 1. The van der Waals surface area contributed by atoms with Gasteiger partial charge in [0.2, 0.25) is 0 Å². The van der Waals surface area contributed by atoms with Crippen molar-refractivity contribution in [3.8, 4) is 0 Å². The van der Waals surface area contributed by atoms with Gasteiger partial charge in [0.25, 0.3) is 5.91 Å². The van der Waals surface area contributed by atoms with E-state index in [0.29, 0.717) is 10.6 Å². The molecule has 3 nitrogen and oxygen atoms in total. The molecule has 4 heteroatoms. The van der Waals surface area contributed by atoms with Crippen molar-refractivity contribution in [2.75, 3.05) is 6.54 Å². The molecule has 1 aliphatic rings. The van der Waals surface area contributed by atoms with Crippen molar-refractivity contribution in [3.05, 3.63) is 35.4 Å². The predicted octanol–water partition coefficient (Wildman–Crippen LogP) is 2.24. The summed E-state index contributed by atoms with van der Waals surface area (Å²) in [6.07, 6.45) is 5.08.